The molecule has 1 aromatic rings. The minimum Gasteiger partial charge on any atom is -0.376 e. The van der Waals surface area contributed by atoms with Crippen LogP contribution in [0.4, 0.5) is 16.2 Å². The van der Waals surface area contributed by atoms with Crippen LogP contribution in [0.1, 0.15) is 12.8 Å². The van der Waals surface area contributed by atoms with Crippen molar-refractivity contribution in [3.05, 3.63) is 23.2 Å². The predicted molar refractivity (Wildman–Crippen MR) is 92.2 cm³/mol. The van der Waals surface area contributed by atoms with Crippen LogP contribution in [0.15, 0.2) is 23.3 Å². The summed E-state index contributed by atoms with van der Waals surface area (Å²) in [5.74, 6) is -0.294. The average molecular weight is 338 g/mol. The van der Waals surface area contributed by atoms with Crippen molar-refractivity contribution < 1.29 is 9.59 Å². The van der Waals surface area contributed by atoms with E-state index >= 15 is 0 Å². The van der Waals surface area contributed by atoms with Gasteiger partial charge < -0.3 is 15.5 Å². The van der Waals surface area contributed by atoms with Crippen molar-refractivity contribution in [3.8, 4) is 0 Å². The zero-order valence-corrected chi connectivity index (χ0v) is 13.9. The van der Waals surface area contributed by atoms with E-state index in [2.05, 4.69) is 21.2 Å². The highest BCUT2D eigenvalue weighted by atomic mass is 35.5. The molecule has 124 valence electrons. The summed E-state index contributed by atoms with van der Waals surface area (Å²) in [6, 6.07) is 5.01. The summed E-state index contributed by atoms with van der Waals surface area (Å²) in [7, 11) is 3.78. The fourth-order valence-corrected chi connectivity index (χ4v) is 2.41. The van der Waals surface area contributed by atoms with Crippen molar-refractivity contribution in [2.24, 2.45) is 11.0 Å². The number of hydrogen-bond donors (Lipinski definition) is 3. The van der Waals surface area contributed by atoms with Crippen molar-refractivity contribution in [1.82, 2.24) is 10.7 Å². The number of benzene rings is 1. The fraction of sp³-hybridized carbons (Fsp3) is 0.400. The largest absolute Gasteiger partial charge is 0.376 e. The van der Waals surface area contributed by atoms with E-state index in [1.54, 1.807) is 18.3 Å². The Bertz CT molecular complexity index is 618. The molecule has 0 aliphatic carbocycles. The Morgan fingerprint density at radius 3 is 2.87 bits per heavy atom. The van der Waals surface area contributed by atoms with Gasteiger partial charge in [-0.25, -0.2) is 10.2 Å². The summed E-state index contributed by atoms with van der Waals surface area (Å²) in [5, 5.41) is 9.82. The van der Waals surface area contributed by atoms with Crippen molar-refractivity contribution in [3.63, 3.8) is 0 Å². The number of halogens is 1. The predicted octanol–water partition coefficient (Wildman–Crippen LogP) is 2.04. The molecule has 1 aliphatic heterocycles. The number of carbonyl (C=O) groups is 2. The minimum absolute atomic E-state index is 0.0935. The minimum atomic E-state index is -0.306. The normalized spacial score (nSPS) is 16.1. The van der Waals surface area contributed by atoms with Gasteiger partial charge in [0.1, 0.15) is 0 Å². The Kier molecular flexibility index (Phi) is 5.81. The lowest BCUT2D eigenvalue weighted by Gasteiger charge is -2.18. The molecule has 0 saturated carbocycles. The van der Waals surface area contributed by atoms with Crippen LogP contribution >= 0.6 is 11.6 Å². The SMILES string of the molecule is CN(C)c1ccc(Cl)cc1NC(=O)NCCCC1C=NNC1=O. The van der Waals surface area contributed by atoms with Gasteiger partial charge in [0.05, 0.1) is 17.3 Å². The van der Waals surface area contributed by atoms with Crippen molar-refractivity contribution in [2.45, 2.75) is 12.8 Å². The van der Waals surface area contributed by atoms with Gasteiger partial charge in [0.2, 0.25) is 5.91 Å². The molecule has 0 saturated heterocycles. The van der Waals surface area contributed by atoms with Crippen molar-refractivity contribution >= 4 is 41.1 Å². The van der Waals surface area contributed by atoms with Crippen LogP contribution in [0.25, 0.3) is 0 Å². The first-order chi connectivity index (χ1) is 11.0. The number of rotatable bonds is 6. The molecule has 2 rings (SSSR count). The van der Waals surface area contributed by atoms with E-state index in [0.717, 1.165) is 5.69 Å². The quantitative estimate of drug-likeness (QED) is 0.694. The van der Waals surface area contributed by atoms with E-state index in [1.165, 1.54) is 0 Å². The average Bonchev–Trinajstić information content (AvgIpc) is 2.89. The molecule has 8 heteroatoms. The number of hydrogen-bond acceptors (Lipinski definition) is 4. The maximum Gasteiger partial charge on any atom is 0.319 e. The highest BCUT2D eigenvalue weighted by Gasteiger charge is 2.19. The number of anilines is 2. The van der Waals surface area contributed by atoms with E-state index in [0.29, 0.717) is 30.1 Å². The summed E-state index contributed by atoms with van der Waals surface area (Å²) in [5.41, 5.74) is 3.89. The third-order valence-corrected chi connectivity index (χ3v) is 3.67. The van der Waals surface area contributed by atoms with Crippen LogP contribution in [0, 0.1) is 5.92 Å². The number of amides is 3. The standard InChI is InChI=1S/C15H20ClN5O2/c1-21(2)13-6-5-11(16)8-12(13)19-15(23)17-7-3-4-10-9-18-20-14(10)22/h5-6,8-10H,3-4,7H2,1-2H3,(H,20,22)(H2,17,19,23). The second-order valence-electron chi connectivity index (χ2n) is 5.44. The van der Waals surface area contributed by atoms with Gasteiger partial charge >= 0.3 is 6.03 Å². The third-order valence-electron chi connectivity index (χ3n) is 3.43. The molecular weight excluding hydrogens is 318 g/mol. The zero-order valence-electron chi connectivity index (χ0n) is 13.1. The molecular formula is C15H20ClN5O2. The highest BCUT2D eigenvalue weighted by molar-refractivity contribution is 6.31. The first-order valence-electron chi connectivity index (χ1n) is 7.32. The maximum atomic E-state index is 12.0. The van der Waals surface area contributed by atoms with Crippen LogP contribution in [0.5, 0.6) is 0 Å². The number of urea groups is 1. The van der Waals surface area contributed by atoms with Crippen LogP contribution in [0.2, 0.25) is 5.02 Å². The lowest BCUT2D eigenvalue weighted by molar-refractivity contribution is -0.122. The Morgan fingerprint density at radius 1 is 1.43 bits per heavy atom. The maximum absolute atomic E-state index is 12.0. The van der Waals surface area contributed by atoms with Crippen molar-refractivity contribution in [2.75, 3.05) is 30.9 Å². The number of carbonyl (C=O) groups excluding carboxylic acids is 2. The summed E-state index contributed by atoms with van der Waals surface area (Å²) in [6.45, 7) is 0.474. The van der Waals surface area contributed by atoms with Gasteiger partial charge in [-0.3, -0.25) is 4.79 Å². The molecule has 3 N–H and O–H groups in total. The smallest absolute Gasteiger partial charge is 0.319 e. The molecule has 3 amide bonds. The molecule has 1 atom stereocenters. The van der Waals surface area contributed by atoms with Gasteiger partial charge in [0.15, 0.2) is 0 Å². The van der Waals surface area contributed by atoms with E-state index in [-0.39, 0.29) is 17.9 Å². The summed E-state index contributed by atoms with van der Waals surface area (Å²) < 4.78 is 0. The van der Waals surface area contributed by atoms with E-state index < -0.39 is 0 Å². The lowest BCUT2D eigenvalue weighted by Crippen LogP contribution is -2.31. The summed E-state index contributed by atoms with van der Waals surface area (Å²) in [6.07, 6.45) is 2.93. The first-order valence-corrected chi connectivity index (χ1v) is 7.70. The third kappa shape index (κ3) is 4.85. The van der Waals surface area contributed by atoms with Crippen LogP contribution in [-0.4, -0.2) is 38.8 Å². The molecule has 1 unspecified atom stereocenters. The molecule has 1 heterocycles. The van der Waals surface area contributed by atoms with Crippen LogP contribution in [-0.2, 0) is 4.79 Å². The zero-order chi connectivity index (χ0) is 16.8. The van der Waals surface area contributed by atoms with Gasteiger partial charge in [-0.1, -0.05) is 11.6 Å². The Balaban J connectivity index is 1.79. The monoisotopic (exact) mass is 337 g/mol. The van der Waals surface area contributed by atoms with Gasteiger partial charge in [-0.05, 0) is 31.0 Å². The second kappa shape index (κ2) is 7.82. The molecule has 1 aliphatic rings. The Labute approximate surface area is 140 Å². The second-order valence-corrected chi connectivity index (χ2v) is 5.88. The van der Waals surface area contributed by atoms with E-state index in [1.807, 2.05) is 25.1 Å². The molecule has 1 aromatic carbocycles. The summed E-state index contributed by atoms with van der Waals surface area (Å²) in [4.78, 5) is 25.2. The Hall–Kier alpha value is -2.28. The van der Waals surface area contributed by atoms with Crippen LogP contribution in [0.3, 0.4) is 0 Å². The lowest BCUT2D eigenvalue weighted by atomic mass is 10.1. The van der Waals surface area contributed by atoms with E-state index in [4.69, 9.17) is 11.6 Å². The molecule has 0 spiro atoms. The first kappa shape index (κ1) is 17.1. The summed E-state index contributed by atoms with van der Waals surface area (Å²) >= 11 is 5.98. The fourth-order valence-electron chi connectivity index (χ4n) is 2.24. The van der Waals surface area contributed by atoms with Crippen LogP contribution < -0.4 is 21.0 Å². The van der Waals surface area contributed by atoms with Gasteiger partial charge in [-0.2, -0.15) is 5.10 Å². The van der Waals surface area contributed by atoms with E-state index in [9.17, 15) is 9.59 Å². The number of nitrogens with zero attached hydrogens (tertiary/aromatic N) is 2. The molecule has 0 radical (unpaired) electrons. The molecule has 7 nitrogen and oxygen atoms in total. The Morgan fingerprint density at radius 2 is 2.22 bits per heavy atom. The molecule has 0 bridgehead atoms. The number of nitrogens with one attached hydrogen (secondary N) is 3. The molecule has 0 aromatic heterocycles. The topological polar surface area (TPSA) is 85.8 Å². The van der Waals surface area contributed by atoms with Gasteiger partial charge in [0.25, 0.3) is 0 Å². The molecule has 23 heavy (non-hydrogen) atoms. The van der Waals surface area contributed by atoms with Crippen molar-refractivity contribution in [1.29, 1.82) is 0 Å². The molecule has 0 fully saturated rings. The van der Waals surface area contributed by atoms with Gasteiger partial charge in [-0.15, -0.1) is 0 Å². The highest BCUT2D eigenvalue weighted by Crippen LogP contribution is 2.27. The van der Waals surface area contributed by atoms with Gasteiger partial charge in [0, 0.05) is 31.9 Å². The number of hydrazone groups is 1.